The van der Waals surface area contributed by atoms with E-state index in [1.165, 1.54) is 4.57 Å². The predicted molar refractivity (Wildman–Crippen MR) is 95.0 cm³/mol. The lowest BCUT2D eigenvalue weighted by atomic mass is 10.1. The van der Waals surface area contributed by atoms with Gasteiger partial charge in [-0.1, -0.05) is 24.4 Å². The van der Waals surface area contributed by atoms with Gasteiger partial charge in [0.05, 0.1) is 5.69 Å². The van der Waals surface area contributed by atoms with Gasteiger partial charge in [0.2, 0.25) is 5.88 Å². The second-order valence-electron chi connectivity index (χ2n) is 6.07. The monoisotopic (exact) mass is 356 g/mol. The highest BCUT2D eigenvalue weighted by atomic mass is 35.5. The van der Waals surface area contributed by atoms with Crippen molar-refractivity contribution in [2.24, 2.45) is 10.2 Å². The number of hydrogen-bond acceptors (Lipinski definition) is 5. The van der Waals surface area contributed by atoms with Crippen LogP contribution in [0.3, 0.4) is 0 Å². The third-order valence-corrected chi connectivity index (χ3v) is 4.75. The van der Waals surface area contributed by atoms with Crippen molar-refractivity contribution in [3.05, 3.63) is 50.8 Å². The first-order valence-corrected chi connectivity index (χ1v) is 8.46. The number of benzene rings is 1. The van der Waals surface area contributed by atoms with Gasteiger partial charge in [-0.15, -0.1) is 5.11 Å². The minimum absolute atomic E-state index is 0.0663. The molecule has 1 aromatic carbocycles. The van der Waals surface area contributed by atoms with Crippen LogP contribution in [0.15, 0.2) is 39.3 Å². The van der Waals surface area contributed by atoms with Gasteiger partial charge < -0.3 is 5.11 Å². The van der Waals surface area contributed by atoms with Crippen molar-refractivity contribution in [3.63, 3.8) is 0 Å². The number of azo groups is 1. The number of pyridine rings is 1. The maximum absolute atomic E-state index is 12.9. The number of hydrogen-bond donors (Lipinski definition) is 1. The van der Waals surface area contributed by atoms with Crippen molar-refractivity contribution in [2.75, 3.05) is 0 Å². The number of nitriles is 1. The molecule has 0 bridgehead atoms. The molecule has 2 aromatic rings. The molecule has 1 aliphatic carbocycles. The fraction of sp³-hybridized carbons (Fsp3) is 0.333. The highest BCUT2D eigenvalue weighted by Gasteiger charge is 2.26. The first-order valence-electron chi connectivity index (χ1n) is 8.08. The van der Waals surface area contributed by atoms with Crippen LogP contribution in [0.1, 0.15) is 42.9 Å². The van der Waals surface area contributed by atoms with Crippen molar-refractivity contribution in [1.29, 1.82) is 5.26 Å². The van der Waals surface area contributed by atoms with Gasteiger partial charge in [0.15, 0.2) is 5.69 Å². The van der Waals surface area contributed by atoms with E-state index < -0.39 is 5.56 Å². The first kappa shape index (κ1) is 17.2. The largest absolute Gasteiger partial charge is 0.493 e. The molecule has 1 fully saturated rings. The van der Waals surface area contributed by atoms with Gasteiger partial charge in [0.25, 0.3) is 5.56 Å². The molecule has 128 valence electrons. The molecule has 0 saturated heterocycles. The smallest absolute Gasteiger partial charge is 0.281 e. The highest BCUT2D eigenvalue weighted by Crippen LogP contribution is 2.35. The van der Waals surface area contributed by atoms with Crippen LogP contribution in [0.4, 0.5) is 11.4 Å². The summed E-state index contributed by atoms with van der Waals surface area (Å²) in [5.41, 5.74) is 0.602. The van der Waals surface area contributed by atoms with Gasteiger partial charge in [-0.3, -0.25) is 9.36 Å². The predicted octanol–water partition coefficient (Wildman–Crippen LogP) is 4.92. The van der Waals surface area contributed by atoms with Gasteiger partial charge in [0.1, 0.15) is 11.6 Å². The highest BCUT2D eigenvalue weighted by molar-refractivity contribution is 6.30. The van der Waals surface area contributed by atoms with E-state index in [4.69, 9.17) is 11.6 Å². The zero-order valence-electron chi connectivity index (χ0n) is 13.7. The summed E-state index contributed by atoms with van der Waals surface area (Å²) in [6.45, 7) is 1.59. The lowest BCUT2D eigenvalue weighted by molar-refractivity contribution is 0.368. The van der Waals surface area contributed by atoms with E-state index in [0.29, 0.717) is 16.3 Å². The van der Waals surface area contributed by atoms with Crippen LogP contribution in [-0.2, 0) is 0 Å². The SMILES string of the molecule is Cc1c(C#N)c(O)n(C2CCCC2)c(=O)c1N=Nc1ccc(Cl)cc1. The lowest BCUT2D eigenvalue weighted by Gasteiger charge is -2.18. The Morgan fingerprint density at radius 3 is 2.48 bits per heavy atom. The average Bonchev–Trinajstić information content (AvgIpc) is 3.11. The Balaban J connectivity index is 2.12. The summed E-state index contributed by atoms with van der Waals surface area (Å²) < 4.78 is 1.30. The summed E-state index contributed by atoms with van der Waals surface area (Å²) in [6.07, 6.45) is 3.59. The summed E-state index contributed by atoms with van der Waals surface area (Å²) in [7, 11) is 0. The van der Waals surface area contributed by atoms with Crippen LogP contribution in [-0.4, -0.2) is 9.67 Å². The quantitative estimate of drug-likeness (QED) is 0.791. The normalized spacial score (nSPS) is 14.9. The number of rotatable bonds is 3. The zero-order valence-corrected chi connectivity index (χ0v) is 14.5. The van der Waals surface area contributed by atoms with E-state index in [-0.39, 0.29) is 23.2 Å². The van der Waals surface area contributed by atoms with E-state index in [0.717, 1.165) is 25.7 Å². The summed E-state index contributed by atoms with van der Waals surface area (Å²) in [4.78, 5) is 12.9. The fourth-order valence-electron chi connectivity index (χ4n) is 3.15. The fourth-order valence-corrected chi connectivity index (χ4v) is 3.27. The molecular weight excluding hydrogens is 340 g/mol. The van der Waals surface area contributed by atoms with Crippen LogP contribution >= 0.6 is 11.6 Å². The topological polar surface area (TPSA) is 90.7 Å². The minimum atomic E-state index is -0.418. The van der Waals surface area contributed by atoms with Crippen LogP contribution in [0, 0.1) is 18.3 Å². The third kappa shape index (κ3) is 3.28. The minimum Gasteiger partial charge on any atom is -0.493 e. The molecule has 1 N–H and O–H groups in total. The molecule has 0 atom stereocenters. The van der Waals surface area contributed by atoms with Crippen molar-refractivity contribution in [2.45, 2.75) is 38.6 Å². The molecule has 0 spiro atoms. The van der Waals surface area contributed by atoms with E-state index in [9.17, 15) is 15.2 Å². The molecule has 0 radical (unpaired) electrons. The molecule has 0 unspecified atom stereocenters. The molecule has 1 saturated carbocycles. The van der Waals surface area contributed by atoms with Gasteiger partial charge >= 0.3 is 0 Å². The summed E-state index contributed by atoms with van der Waals surface area (Å²) in [5, 5.41) is 28.5. The Hall–Kier alpha value is -2.65. The van der Waals surface area contributed by atoms with Gasteiger partial charge in [-0.2, -0.15) is 10.4 Å². The Bertz CT molecular complexity index is 920. The van der Waals surface area contributed by atoms with Gasteiger partial charge in [-0.05, 0) is 44.0 Å². The first-order chi connectivity index (χ1) is 12.0. The molecule has 1 heterocycles. The lowest BCUT2D eigenvalue weighted by Crippen LogP contribution is -2.24. The third-order valence-electron chi connectivity index (χ3n) is 4.50. The number of nitrogens with zero attached hydrogens (tertiary/aromatic N) is 4. The number of halogens is 1. The molecule has 7 heteroatoms. The Morgan fingerprint density at radius 1 is 1.24 bits per heavy atom. The second kappa shape index (κ2) is 7.08. The maximum atomic E-state index is 12.9. The van der Waals surface area contributed by atoms with E-state index in [2.05, 4.69) is 10.2 Å². The van der Waals surface area contributed by atoms with Crippen LogP contribution in [0.25, 0.3) is 0 Å². The van der Waals surface area contributed by atoms with Crippen LogP contribution in [0.2, 0.25) is 5.02 Å². The molecule has 6 nitrogen and oxygen atoms in total. The van der Waals surface area contributed by atoms with Crippen molar-refractivity contribution >= 4 is 23.0 Å². The number of aromatic nitrogens is 1. The van der Waals surface area contributed by atoms with Crippen LogP contribution in [0.5, 0.6) is 5.88 Å². The molecular formula is C18H17ClN4O2. The van der Waals surface area contributed by atoms with Gasteiger partial charge in [-0.25, -0.2) is 0 Å². The van der Waals surface area contributed by atoms with Gasteiger partial charge in [0, 0.05) is 16.6 Å². The summed E-state index contributed by atoms with van der Waals surface area (Å²) in [5.74, 6) is -0.276. The van der Waals surface area contributed by atoms with Crippen molar-refractivity contribution in [1.82, 2.24) is 4.57 Å². The number of aromatic hydroxyl groups is 1. The van der Waals surface area contributed by atoms with Crippen molar-refractivity contribution < 1.29 is 5.11 Å². The molecule has 3 rings (SSSR count). The maximum Gasteiger partial charge on any atom is 0.281 e. The summed E-state index contributed by atoms with van der Waals surface area (Å²) >= 11 is 5.84. The van der Waals surface area contributed by atoms with E-state index in [1.54, 1.807) is 31.2 Å². The Kier molecular flexibility index (Phi) is 4.86. The summed E-state index contributed by atoms with van der Waals surface area (Å²) in [6, 6.07) is 8.59. The Labute approximate surface area is 150 Å². The second-order valence-corrected chi connectivity index (χ2v) is 6.51. The molecule has 1 aromatic heterocycles. The average molecular weight is 357 g/mol. The Morgan fingerprint density at radius 2 is 1.88 bits per heavy atom. The standard InChI is InChI=1S/C18H17ClN4O2/c1-11-15(10-20)17(24)23(14-4-2-3-5-14)18(25)16(11)22-21-13-8-6-12(19)7-9-13/h6-9,14,24H,2-5H2,1H3. The zero-order chi connectivity index (χ0) is 18.0. The van der Waals surface area contributed by atoms with Crippen molar-refractivity contribution in [3.8, 4) is 11.9 Å². The molecule has 1 aliphatic rings. The van der Waals surface area contributed by atoms with E-state index >= 15 is 0 Å². The molecule has 0 amide bonds. The molecule has 25 heavy (non-hydrogen) atoms. The van der Waals surface area contributed by atoms with E-state index in [1.807, 2.05) is 6.07 Å². The van der Waals surface area contributed by atoms with Crippen LogP contribution < -0.4 is 5.56 Å². The molecule has 0 aliphatic heterocycles.